The molecule has 0 aliphatic carbocycles. The van der Waals surface area contributed by atoms with Crippen molar-refractivity contribution >= 4 is 5.91 Å². The molecule has 0 aromatic rings. The van der Waals surface area contributed by atoms with Crippen molar-refractivity contribution in [3.05, 3.63) is 60.8 Å². The molecule has 1 amide bonds. The first-order chi connectivity index (χ1) is 30.2. The van der Waals surface area contributed by atoms with E-state index < -0.39 is 12.1 Å². The molecule has 0 aromatic heterocycles. The molecular weight excluding hydrogens is 747 g/mol. The Morgan fingerprint density at radius 1 is 0.410 bits per heavy atom. The summed E-state index contributed by atoms with van der Waals surface area (Å²) in [6.07, 6.45) is 73.4. The zero-order valence-electron chi connectivity index (χ0n) is 40.9. The van der Waals surface area contributed by atoms with Gasteiger partial charge < -0.3 is 15.5 Å². The zero-order chi connectivity index (χ0) is 44.2. The van der Waals surface area contributed by atoms with Crippen molar-refractivity contribution in [2.75, 3.05) is 6.61 Å². The van der Waals surface area contributed by atoms with Crippen LogP contribution in [0.1, 0.15) is 277 Å². The number of nitrogens with one attached hydrogen (secondary N) is 1. The summed E-state index contributed by atoms with van der Waals surface area (Å²) in [4.78, 5) is 12.5. The van der Waals surface area contributed by atoms with E-state index in [0.29, 0.717) is 12.8 Å². The van der Waals surface area contributed by atoms with Crippen LogP contribution in [0.3, 0.4) is 0 Å². The molecule has 0 heterocycles. The second-order valence-corrected chi connectivity index (χ2v) is 18.3. The molecule has 0 radical (unpaired) electrons. The highest BCUT2D eigenvalue weighted by Gasteiger charge is 2.20. The van der Waals surface area contributed by atoms with Crippen molar-refractivity contribution in [2.24, 2.45) is 0 Å². The number of carbonyl (C=O) groups is 1. The van der Waals surface area contributed by atoms with Crippen molar-refractivity contribution in [1.82, 2.24) is 5.32 Å². The summed E-state index contributed by atoms with van der Waals surface area (Å²) >= 11 is 0. The maximum atomic E-state index is 12.5. The van der Waals surface area contributed by atoms with Crippen LogP contribution in [-0.2, 0) is 4.79 Å². The van der Waals surface area contributed by atoms with Gasteiger partial charge in [0.05, 0.1) is 18.8 Å². The summed E-state index contributed by atoms with van der Waals surface area (Å²) in [5.74, 6) is -0.0292. The van der Waals surface area contributed by atoms with E-state index in [1.807, 2.05) is 0 Å². The molecular formula is C57H105NO3. The van der Waals surface area contributed by atoms with Gasteiger partial charge in [0.1, 0.15) is 0 Å². The van der Waals surface area contributed by atoms with E-state index in [2.05, 4.69) is 79.9 Å². The summed E-state index contributed by atoms with van der Waals surface area (Å²) in [7, 11) is 0. The Balaban J connectivity index is 3.43. The Morgan fingerprint density at radius 2 is 0.721 bits per heavy atom. The fourth-order valence-corrected chi connectivity index (χ4v) is 8.21. The lowest BCUT2D eigenvalue weighted by Crippen LogP contribution is -2.45. The molecule has 0 bridgehead atoms. The van der Waals surface area contributed by atoms with Crippen LogP contribution < -0.4 is 5.32 Å². The molecule has 3 N–H and O–H groups in total. The van der Waals surface area contributed by atoms with Gasteiger partial charge in [-0.3, -0.25) is 4.79 Å². The maximum absolute atomic E-state index is 12.5. The second-order valence-electron chi connectivity index (χ2n) is 18.3. The molecule has 61 heavy (non-hydrogen) atoms. The molecule has 4 nitrogen and oxygen atoms in total. The minimum atomic E-state index is -0.659. The molecule has 0 rings (SSSR count). The Labute approximate surface area is 381 Å². The van der Waals surface area contributed by atoms with Gasteiger partial charge >= 0.3 is 0 Å². The van der Waals surface area contributed by atoms with Crippen molar-refractivity contribution in [2.45, 2.75) is 289 Å². The van der Waals surface area contributed by atoms with Crippen LogP contribution in [0.4, 0.5) is 0 Å². The first kappa shape index (κ1) is 59.1. The van der Waals surface area contributed by atoms with Crippen LogP contribution in [0.15, 0.2) is 60.8 Å². The molecule has 0 spiro atoms. The van der Waals surface area contributed by atoms with Gasteiger partial charge in [0.2, 0.25) is 5.91 Å². The SMILES string of the molecule is CC/C=C\C/C=C\C/C=C\C/C=C\C/C=C\CCCCCCCCCCCCCCCCCCCCCC(=O)NC(CO)C(O)CCCCCCCCCCCCCCCC. The molecule has 0 aromatic carbocycles. The van der Waals surface area contributed by atoms with Gasteiger partial charge in [-0.05, 0) is 57.8 Å². The van der Waals surface area contributed by atoms with E-state index in [1.165, 1.54) is 193 Å². The Kier molecular flexibility index (Phi) is 50.8. The lowest BCUT2D eigenvalue weighted by Gasteiger charge is -2.22. The smallest absolute Gasteiger partial charge is 0.220 e. The molecule has 0 aliphatic heterocycles. The number of unbranched alkanes of at least 4 members (excludes halogenated alkanes) is 32. The number of aliphatic hydroxyl groups is 2. The number of rotatable bonds is 49. The van der Waals surface area contributed by atoms with Gasteiger partial charge in [0.25, 0.3) is 0 Å². The predicted octanol–water partition coefficient (Wildman–Crippen LogP) is 17.6. The number of hydrogen-bond acceptors (Lipinski definition) is 3. The van der Waals surface area contributed by atoms with E-state index in [1.54, 1.807) is 0 Å². The van der Waals surface area contributed by atoms with E-state index in [-0.39, 0.29) is 12.5 Å². The molecule has 356 valence electrons. The van der Waals surface area contributed by atoms with Crippen molar-refractivity contribution in [3.63, 3.8) is 0 Å². The highest BCUT2D eigenvalue weighted by molar-refractivity contribution is 5.76. The molecule has 4 heteroatoms. The monoisotopic (exact) mass is 852 g/mol. The third-order valence-electron chi connectivity index (χ3n) is 12.3. The van der Waals surface area contributed by atoms with Gasteiger partial charge in [-0.25, -0.2) is 0 Å². The summed E-state index contributed by atoms with van der Waals surface area (Å²) in [6, 6.07) is -0.535. The molecule has 2 unspecified atom stereocenters. The number of aliphatic hydroxyl groups excluding tert-OH is 2. The van der Waals surface area contributed by atoms with Crippen LogP contribution in [0.5, 0.6) is 0 Å². The summed E-state index contributed by atoms with van der Waals surface area (Å²) in [6.45, 7) is 4.26. The quantitative estimate of drug-likeness (QED) is 0.0422. The average molecular weight is 852 g/mol. The number of carbonyl (C=O) groups excluding carboxylic acids is 1. The van der Waals surface area contributed by atoms with Gasteiger partial charge in [-0.2, -0.15) is 0 Å². The normalized spacial score (nSPS) is 13.3. The lowest BCUT2D eigenvalue weighted by atomic mass is 10.0. The van der Waals surface area contributed by atoms with E-state index in [9.17, 15) is 15.0 Å². The van der Waals surface area contributed by atoms with E-state index in [4.69, 9.17) is 0 Å². The van der Waals surface area contributed by atoms with Crippen molar-refractivity contribution < 1.29 is 15.0 Å². The fourth-order valence-electron chi connectivity index (χ4n) is 8.21. The minimum absolute atomic E-state index is 0.0292. The van der Waals surface area contributed by atoms with Gasteiger partial charge in [0, 0.05) is 6.42 Å². The summed E-state index contributed by atoms with van der Waals surface area (Å²) < 4.78 is 0. The van der Waals surface area contributed by atoms with Gasteiger partial charge in [0.15, 0.2) is 0 Å². The van der Waals surface area contributed by atoms with Gasteiger partial charge in [-0.1, -0.05) is 274 Å². The fraction of sp³-hybridized carbons (Fsp3) is 0.807. The molecule has 2 atom stereocenters. The van der Waals surface area contributed by atoms with Crippen LogP contribution in [0.25, 0.3) is 0 Å². The third-order valence-corrected chi connectivity index (χ3v) is 12.3. The van der Waals surface area contributed by atoms with Crippen molar-refractivity contribution in [3.8, 4) is 0 Å². The lowest BCUT2D eigenvalue weighted by molar-refractivity contribution is -0.123. The number of hydrogen-bond donors (Lipinski definition) is 3. The molecule has 0 aliphatic rings. The molecule has 0 saturated carbocycles. The van der Waals surface area contributed by atoms with E-state index >= 15 is 0 Å². The zero-order valence-corrected chi connectivity index (χ0v) is 40.9. The number of amides is 1. The van der Waals surface area contributed by atoms with Gasteiger partial charge in [-0.15, -0.1) is 0 Å². The number of allylic oxidation sites excluding steroid dienone is 10. The summed E-state index contributed by atoms with van der Waals surface area (Å²) in [5.41, 5.74) is 0. The topological polar surface area (TPSA) is 69.6 Å². The van der Waals surface area contributed by atoms with Crippen LogP contribution in [-0.4, -0.2) is 34.9 Å². The van der Waals surface area contributed by atoms with Crippen LogP contribution in [0, 0.1) is 0 Å². The Morgan fingerprint density at radius 3 is 1.08 bits per heavy atom. The predicted molar refractivity (Wildman–Crippen MR) is 271 cm³/mol. The molecule has 0 saturated heterocycles. The van der Waals surface area contributed by atoms with Crippen LogP contribution in [0.2, 0.25) is 0 Å². The molecule has 0 fully saturated rings. The van der Waals surface area contributed by atoms with Crippen LogP contribution >= 0.6 is 0 Å². The highest BCUT2D eigenvalue weighted by atomic mass is 16.3. The largest absolute Gasteiger partial charge is 0.394 e. The average Bonchev–Trinajstić information content (AvgIpc) is 3.26. The first-order valence-electron chi connectivity index (χ1n) is 27.0. The third kappa shape index (κ3) is 49.0. The summed E-state index contributed by atoms with van der Waals surface area (Å²) in [5, 5.41) is 23.2. The first-order valence-corrected chi connectivity index (χ1v) is 27.0. The second kappa shape index (κ2) is 52.4. The Hall–Kier alpha value is -1.91. The Bertz CT molecular complexity index is 1010. The standard InChI is InChI=1S/C57H105NO3/c1-3-5-7-9-11-13-15-17-19-20-21-22-23-24-25-26-27-28-29-30-31-32-33-34-35-36-37-38-39-41-43-45-47-49-51-53-57(61)58-55(54-59)56(60)52-50-48-46-44-42-40-18-16-14-12-10-8-6-4-2/h5,7,11,13,17,19,21-22,24-25,55-56,59-60H,3-4,6,8-10,12,14-16,18,20,23,26-54H2,1-2H3,(H,58,61)/b7-5-,13-11-,19-17-,22-21-,25-24-. The van der Waals surface area contributed by atoms with Crippen molar-refractivity contribution in [1.29, 1.82) is 0 Å². The van der Waals surface area contributed by atoms with E-state index in [0.717, 1.165) is 57.8 Å². The highest BCUT2D eigenvalue weighted by Crippen LogP contribution is 2.17. The minimum Gasteiger partial charge on any atom is -0.394 e. The maximum Gasteiger partial charge on any atom is 0.220 e.